The number of hydrogen-bond acceptors (Lipinski definition) is 9. The minimum Gasteiger partial charge on any atom is -0.380 e. The van der Waals surface area contributed by atoms with Crippen molar-refractivity contribution >= 4 is 24.1 Å². The smallest absolute Gasteiger partial charge is 0.139 e. The van der Waals surface area contributed by atoms with Gasteiger partial charge in [-0.3, -0.25) is 9.98 Å². The molecule has 0 amide bonds. The molecule has 3 atom stereocenters. The monoisotopic (exact) mass is 453 g/mol. The zero-order valence-electron chi connectivity index (χ0n) is 20.0. The Labute approximate surface area is 196 Å². The highest BCUT2D eigenvalue weighted by Gasteiger charge is 2.30. The molecule has 0 saturated carbocycles. The second-order valence-electron chi connectivity index (χ2n) is 7.85. The molecule has 3 rings (SSSR count). The highest BCUT2D eigenvalue weighted by atomic mass is 16.6. The number of aliphatic imine (C=N–C) groups is 2. The molecule has 0 aliphatic carbocycles. The highest BCUT2D eigenvalue weighted by molar-refractivity contribution is 5.60. The van der Waals surface area contributed by atoms with E-state index in [1.807, 2.05) is 39.8 Å². The van der Waals surface area contributed by atoms with E-state index in [2.05, 4.69) is 42.5 Å². The molecule has 1 aromatic heterocycles. The SMILES string of the molecule is C=C(NC/C=C/CNc1ncnc2c1C(C)OC[C@@H]1CC[C@H](N2)O1)/C(N=CC)=C(/C)N=CC. The zero-order chi connectivity index (χ0) is 23.6. The molecule has 2 bridgehead atoms. The van der Waals surface area contributed by atoms with Gasteiger partial charge in [-0.2, -0.15) is 0 Å². The highest BCUT2D eigenvalue weighted by Crippen LogP contribution is 2.34. The van der Waals surface area contributed by atoms with E-state index in [1.165, 1.54) is 0 Å². The van der Waals surface area contributed by atoms with Crippen LogP contribution in [0.2, 0.25) is 0 Å². The molecule has 1 fully saturated rings. The van der Waals surface area contributed by atoms with Gasteiger partial charge >= 0.3 is 0 Å². The average molecular weight is 454 g/mol. The topological polar surface area (TPSA) is 105 Å². The molecule has 3 heterocycles. The van der Waals surface area contributed by atoms with Gasteiger partial charge in [-0.15, -0.1) is 0 Å². The molecule has 9 heteroatoms. The number of rotatable bonds is 9. The fourth-order valence-electron chi connectivity index (χ4n) is 3.82. The summed E-state index contributed by atoms with van der Waals surface area (Å²) in [6.45, 7) is 13.6. The Morgan fingerprint density at radius 3 is 2.79 bits per heavy atom. The van der Waals surface area contributed by atoms with Gasteiger partial charge in [0, 0.05) is 25.5 Å². The van der Waals surface area contributed by atoms with Crippen LogP contribution in [0.15, 0.2) is 52.1 Å². The van der Waals surface area contributed by atoms with E-state index >= 15 is 0 Å². The summed E-state index contributed by atoms with van der Waals surface area (Å²) in [6.07, 6.45) is 11.0. The molecule has 1 saturated heterocycles. The third kappa shape index (κ3) is 6.72. The van der Waals surface area contributed by atoms with Gasteiger partial charge in [0.25, 0.3) is 0 Å². The molecule has 1 unspecified atom stereocenters. The molecule has 33 heavy (non-hydrogen) atoms. The zero-order valence-corrected chi connectivity index (χ0v) is 20.0. The van der Waals surface area contributed by atoms with Crippen molar-refractivity contribution in [1.29, 1.82) is 0 Å². The minimum absolute atomic E-state index is 0.0351. The van der Waals surface area contributed by atoms with Gasteiger partial charge in [-0.1, -0.05) is 18.7 Å². The summed E-state index contributed by atoms with van der Waals surface area (Å²) >= 11 is 0. The van der Waals surface area contributed by atoms with Crippen molar-refractivity contribution in [3.8, 4) is 0 Å². The number of allylic oxidation sites excluding steroid dienone is 1. The number of fused-ring (bicyclic) bond motifs is 3. The van der Waals surface area contributed by atoms with E-state index in [-0.39, 0.29) is 18.4 Å². The van der Waals surface area contributed by atoms with E-state index in [1.54, 1.807) is 18.8 Å². The van der Waals surface area contributed by atoms with Gasteiger partial charge in [0.1, 0.15) is 29.9 Å². The molecule has 2 aliphatic heterocycles. The second kappa shape index (κ2) is 12.3. The number of nitrogens with one attached hydrogen (secondary N) is 3. The molecule has 2 aliphatic rings. The molecular weight excluding hydrogens is 418 g/mol. The van der Waals surface area contributed by atoms with Crippen LogP contribution < -0.4 is 16.0 Å². The Bertz CT molecular complexity index is 939. The molecule has 9 nitrogen and oxygen atoms in total. The maximum Gasteiger partial charge on any atom is 0.139 e. The van der Waals surface area contributed by atoms with Gasteiger partial charge < -0.3 is 25.4 Å². The Morgan fingerprint density at radius 2 is 2.00 bits per heavy atom. The van der Waals surface area contributed by atoms with Gasteiger partial charge in [0.2, 0.25) is 0 Å². The maximum absolute atomic E-state index is 6.06. The molecule has 1 aromatic rings. The van der Waals surface area contributed by atoms with Gasteiger partial charge in [0.05, 0.1) is 35.8 Å². The van der Waals surface area contributed by atoms with Crippen LogP contribution in [-0.2, 0) is 9.47 Å². The van der Waals surface area contributed by atoms with Crippen molar-refractivity contribution in [1.82, 2.24) is 15.3 Å². The van der Waals surface area contributed by atoms with E-state index in [4.69, 9.17) is 9.47 Å². The first kappa shape index (κ1) is 24.6. The Balaban J connectivity index is 1.57. The summed E-state index contributed by atoms with van der Waals surface area (Å²) in [7, 11) is 0. The van der Waals surface area contributed by atoms with E-state index in [0.29, 0.717) is 19.7 Å². The predicted molar refractivity (Wildman–Crippen MR) is 134 cm³/mol. The first-order valence-corrected chi connectivity index (χ1v) is 11.4. The van der Waals surface area contributed by atoms with E-state index in [9.17, 15) is 0 Å². The minimum atomic E-state index is -0.147. The standard InChI is InChI=1S/C24H35N7O2/c1-6-25-16(3)22(26-7-2)17(4)27-12-8-9-13-28-23-21-18(5)32-14-19-10-11-20(33-19)31-24(21)30-15-29-23/h6-9,15,18-20,27H,4,10-14H2,1-3,5H3,(H2,28,29,30,31)/b9-8+,22-16+,25-6?,26-7?/t18?,19-,20+/m0/s1. The Morgan fingerprint density at radius 1 is 1.21 bits per heavy atom. The summed E-state index contributed by atoms with van der Waals surface area (Å²) < 4.78 is 12.0. The van der Waals surface area contributed by atoms with Gasteiger partial charge in [0.15, 0.2) is 0 Å². The Hall–Kier alpha value is -3.04. The summed E-state index contributed by atoms with van der Waals surface area (Å²) in [5, 5.41) is 10.1. The van der Waals surface area contributed by atoms with Crippen LogP contribution in [0.4, 0.5) is 11.6 Å². The molecular formula is C24H35N7O2. The number of nitrogens with zero attached hydrogens (tertiary/aromatic N) is 4. The molecule has 0 radical (unpaired) electrons. The number of ether oxygens (including phenoxy) is 2. The van der Waals surface area contributed by atoms with Crippen molar-refractivity contribution < 1.29 is 9.47 Å². The lowest BCUT2D eigenvalue weighted by Gasteiger charge is -2.20. The van der Waals surface area contributed by atoms with Crippen LogP contribution in [0.25, 0.3) is 0 Å². The van der Waals surface area contributed by atoms with Crippen LogP contribution in [0.3, 0.4) is 0 Å². The van der Waals surface area contributed by atoms with Crippen molar-refractivity contribution in [3.05, 3.63) is 47.7 Å². The largest absolute Gasteiger partial charge is 0.380 e. The van der Waals surface area contributed by atoms with Gasteiger partial charge in [-0.25, -0.2) is 9.97 Å². The van der Waals surface area contributed by atoms with Crippen molar-refractivity contribution in [3.63, 3.8) is 0 Å². The predicted octanol–water partition coefficient (Wildman–Crippen LogP) is 3.97. The molecule has 178 valence electrons. The molecule has 0 aromatic carbocycles. The number of hydrogen-bond donors (Lipinski definition) is 3. The quantitative estimate of drug-likeness (QED) is 0.295. The third-order valence-corrected chi connectivity index (χ3v) is 5.42. The third-order valence-electron chi connectivity index (χ3n) is 5.42. The summed E-state index contributed by atoms with van der Waals surface area (Å²) in [5.74, 6) is 1.52. The summed E-state index contributed by atoms with van der Waals surface area (Å²) in [6, 6.07) is 0. The maximum atomic E-state index is 6.06. The van der Waals surface area contributed by atoms with Gasteiger partial charge in [-0.05, 0) is 40.5 Å². The summed E-state index contributed by atoms with van der Waals surface area (Å²) in [4.78, 5) is 17.6. The van der Waals surface area contributed by atoms with Crippen LogP contribution >= 0.6 is 0 Å². The lowest BCUT2D eigenvalue weighted by atomic mass is 10.1. The number of aromatic nitrogens is 2. The van der Waals surface area contributed by atoms with Crippen LogP contribution in [-0.4, -0.2) is 54.4 Å². The Kier molecular flexibility index (Phi) is 9.14. The van der Waals surface area contributed by atoms with E-state index in [0.717, 1.165) is 47.1 Å². The van der Waals surface area contributed by atoms with Crippen LogP contribution in [0.1, 0.15) is 52.2 Å². The first-order chi connectivity index (χ1) is 16.0. The fraction of sp³-hybridized carbons (Fsp3) is 0.500. The van der Waals surface area contributed by atoms with Crippen molar-refractivity contribution in [2.75, 3.05) is 30.3 Å². The number of anilines is 2. The lowest BCUT2D eigenvalue weighted by Crippen LogP contribution is -2.21. The molecule has 0 spiro atoms. The second-order valence-corrected chi connectivity index (χ2v) is 7.85. The normalized spacial score (nSPS) is 23.6. The van der Waals surface area contributed by atoms with E-state index < -0.39 is 0 Å². The van der Waals surface area contributed by atoms with Crippen LogP contribution in [0.5, 0.6) is 0 Å². The molecule has 3 N–H and O–H groups in total. The summed E-state index contributed by atoms with van der Waals surface area (Å²) in [5.41, 5.74) is 3.22. The van der Waals surface area contributed by atoms with Crippen molar-refractivity contribution in [2.45, 2.75) is 59.0 Å². The average Bonchev–Trinajstić information content (AvgIpc) is 3.27. The fourth-order valence-corrected chi connectivity index (χ4v) is 3.82. The lowest BCUT2D eigenvalue weighted by molar-refractivity contribution is -0.0279. The van der Waals surface area contributed by atoms with Crippen LogP contribution in [0, 0.1) is 0 Å². The van der Waals surface area contributed by atoms with Crippen molar-refractivity contribution in [2.24, 2.45) is 9.98 Å². The first-order valence-electron chi connectivity index (χ1n) is 11.4.